The first-order valence-corrected chi connectivity index (χ1v) is 47.2. The van der Waals surface area contributed by atoms with Crippen LogP contribution in [-0.4, -0.2) is 119 Å². The third-order valence-corrected chi connectivity index (χ3v) is 27.0. The minimum Gasteiger partial charge on any atom is -0.491 e. The maximum absolute atomic E-state index is 12.5. The maximum atomic E-state index is 12.5. The highest BCUT2D eigenvalue weighted by Gasteiger charge is 2.36. The Hall–Kier alpha value is -9.40. The van der Waals surface area contributed by atoms with Crippen molar-refractivity contribution in [1.82, 2.24) is 0 Å². The molecule has 0 spiro atoms. The number of benzene rings is 5. The number of carbonyl (C=O) groups excluding carboxylic acids is 4. The zero-order chi connectivity index (χ0) is 88.2. The number of amides is 4. The van der Waals surface area contributed by atoms with E-state index in [1.165, 1.54) is 84.7 Å². The predicted molar refractivity (Wildman–Crippen MR) is 490 cm³/mol. The van der Waals surface area contributed by atoms with E-state index in [0.717, 1.165) is 220 Å². The molecule has 8 N–H and O–H groups in total. The predicted octanol–water partition coefficient (Wildman–Crippen LogP) is 22.5. The summed E-state index contributed by atoms with van der Waals surface area (Å²) in [4.78, 5) is 106. The standard InChI is InChI=1S/3C25H33NO4S.C24H29NO5/c3*1-2-3-4-5-9-22(27)18-10-12-20(13-11-18)26-19(14-17-24(26)28)7-6-8-21-15-16-23(31-21)25(29)30;1-2-3-4-5-22(26)17-6-10-19(11-7-17)25-20(12-15-23(25)27)16-30-21-13-8-18(9-14-21)24(28)29/h3*10-13,15-16,19,22,27H,2-9,14,17H2,1H3,(H,29,30);6-11,13-14,20,22,26H,2-5,12,15-16H2,1H3,(H,28,29)/t3*19-,22?;20-,22?/m1110/s1. The normalized spacial score (nSPS) is 17.3. The highest BCUT2D eigenvalue weighted by atomic mass is 32.1. The van der Waals surface area contributed by atoms with Gasteiger partial charge in [-0.3, -0.25) is 19.2 Å². The number of hydrogen-bond acceptors (Lipinski definition) is 16. The number of anilines is 4. The molecule has 4 aliphatic rings. The molecule has 123 heavy (non-hydrogen) atoms. The first-order chi connectivity index (χ1) is 59.5. The number of unbranched alkanes of at least 4 members (excludes halogenated alkanes) is 11. The summed E-state index contributed by atoms with van der Waals surface area (Å²) in [7, 11) is 0. The zero-order valence-electron chi connectivity index (χ0n) is 72.1. The average Bonchev–Trinajstić information content (AvgIpc) is 1.70. The van der Waals surface area contributed by atoms with Crippen molar-refractivity contribution in [2.24, 2.45) is 0 Å². The number of carbonyl (C=O) groups is 8. The van der Waals surface area contributed by atoms with E-state index < -0.39 is 48.3 Å². The molecule has 21 nitrogen and oxygen atoms in total. The van der Waals surface area contributed by atoms with Crippen LogP contribution >= 0.6 is 34.0 Å². The Morgan fingerprint density at radius 1 is 0.325 bits per heavy atom. The van der Waals surface area contributed by atoms with Crippen molar-refractivity contribution in [3.63, 3.8) is 0 Å². The molecule has 0 radical (unpaired) electrons. The monoisotopic (exact) mass is 1740 g/mol. The zero-order valence-corrected chi connectivity index (χ0v) is 74.5. The summed E-state index contributed by atoms with van der Waals surface area (Å²) in [6.45, 7) is 9.01. The van der Waals surface area contributed by atoms with Crippen LogP contribution in [0.3, 0.4) is 0 Å². The van der Waals surface area contributed by atoms with Crippen molar-refractivity contribution < 1.29 is 83.9 Å². The van der Waals surface area contributed by atoms with Crippen molar-refractivity contribution in [3.05, 3.63) is 215 Å². The van der Waals surface area contributed by atoms with Crippen LogP contribution < -0.4 is 24.3 Å². The van der Waals surface area contributed by atoms with Gasteiger partial charge in [-0.05, 0) is 241 Å². The Labute approximate surface area is 737 Å². The Morgan fingerprint density at radius 2 is 0.585 bits per heavy atom. The quantitative estimate of drug-likeness (QED) is 0.0164. The molecule has 8 aromatic rings. The molecule has 4 saturated heterocycles. The minimum absolute atomic E-state index is 0.0565. The van der Waals surface area contributed by atoms with Gasteiger partial charge in [-0.15, -0.1) is 34.0 Å². The largest absolute Gasteiger partial charge is 0.491 e. The molecule has 4 aliphatic heterocycles. The molecular formula is C99H128N4O17S3. The molecule has 7 heterocycles. The number of ether oxygens (including phenoxy) is 1. The molecule has 0 bridgehead atoms. The van der Waals surface area contributed by atoms with Gasteiger partial charge in [0, 0.05) is 81.2 Å². The van der Waals surface area contributed by atoms with Crippen LogP contribution in [-0.2, 0) is 38.4 Å². The molecule has 8 atom stereocenters. The van der Waals surface area contributed by atoms with Crippen LogP contribution in [0.25, 0.3) is 0 Å². The van der Waals surface area contributed by atoms with Gasteiger partial charge in [-0.1, -0.05) is 173 Å². The summed E-state index contributed by atoms with van der Waals surface area (Å²) in [6.07, 6.45) is 31.6. The lowest BCUT2D eigenvalue weighted by Crippen LogP contribution is -2.37. The molecule has 4 amide bonds. The Kier molecular flexibility index (Phi) is 40.5. The molecule has 664 valence electrons. The average molecular weight is 1740 g/mol. The fourth-order valence-electron chi connectivity index (χ4n) is 16.7. The van der Waals surface area contributed by atoms with E-state index in [2.05, 4.69) is 27.7 Å². The van der Waals surface area contributed by atoms with Crippen molar-refractivity contribution in [2.45, 2.75) is 307 Å². The number of aliphatic hydroxyl groups is 4. The lowest BCUT2D eigenvalue weighted by molar-refractivity contribution is -0.118. The molecule has 0 saturated carbocycles. The lowest BCUT2D eigenvalue weighted by atomic mass is 10.0. The second-order valence-electron chi connectivity index (χ2n) is 32.8. The number of aryl methyl sites for hydroxylation is 3. The van der Waals surface area contributed by atoms with Crippen molar-refractivity contribution in [2.75, 3.05) is 26.2 Å². The van der Waals surface area contributed by atoms with Crippen LogP contribution in [0.5, 0.6) is 5.75 Å². The molecule has 24 heteroatoms. The molecule has 5 aromatic carbocycles. The SMILES string of the molecule is CCCCCC(O)c1ccc(N2C(=O)CC[C@H]2COc2ccc(C(=O)O)cc2)cc1.CCCCCCC(O)c1ccc(N2C(=O)CC[C@H]2CCCc2ccc(C(=O)O)s2)cc1.CCCCCCC(O)c1ccc(N2C(=O)CC[C@H]2CCCc2ccc(C(=O)O)s2)cc1.CCCCCCC(O)c1ccc(N2C(=O)CC[C@H]2CCCc2ccc(C(=O)O)s2)cc1. The molecule has 4 fully saturated rings. The van der Waals surface area contributed by atoms with Crippen molar-refractivity contribution in [1.29, 1.82) is 0 Å². The van der Waals surface area contributed by atoms with Crippen LogP contribution in [0.15, 0.2) is 158 Å². The Balaban J connectivity index is 0.000000186. The van der Waals surface area contributed by atoms with Gasteiger partial charge in [-0.25, -0.2) is 19.2 Å². The fourth-order valence-corrected chi connectivity index (χ4v) is 19.3. The molecule has 12 rings (SSSR count). The van der Waals surface area contributed by atoms with E-state index in [1.807, 2.05) is 130 Å². The number of rotatable bonds is 46. The van der Waals surface area contributed by atoms with E-state index in [1.54, 1.807) is 35.2 Å². The van der Waals surface area contributed by atoms with Gasteiger partial charge < -0.3 is 65.2 Å². The van der Waals surface area contributed by atoms with Gasteiger partial charge in [0.25, 0.3) is 0 Å². The summed E-state index contributed by atoms with van der Waals surface area (Å²) in [5, 5.41) is 77.7. The lowest BCUT2D eigenvalue weighted by Gasteiger charge is -2.25. The first-order valence-electron chi connectivity index (χ1n) is 44.8. The first kappa shape index (κ1) is 97.4. The molecule has 0 aliphatic carbocycles. The summed E-state index contributed by atoms with van der Waals surface area (Å²) in [5.41, 5.74) is 7.32. The smallest absolute Gasteiger partial charge is 0.345 e. The maximum Gasteiger partial charge on any atom is 0.345 e. The van der Waals surface area contributed by atoms with E-state index in [-0.39, 0.29) is 53.4 Å². The van der Waals surface area contributed by atoms with Crippen molar-refractivity contribution >= 4 is 104 Å². The Bertz CT molecular complexity index is 4240. The molecule has 3 aromatic heterocycles. The van der Waals surface area contributed by atoms with Crippen LogP contribution in [0, 0.1) is 0 Å². The number of carboxylic acids is 4. The highest BCUT2D eigenvalue weighted by molar-refractivity contribution is 7.14. The van der Waals surface area contributed by atoms with Gasteiger partial charge in [0.1, 0.15) is 27.0 Å². The number of thiophene rings is 3. The van der Waals surface area contributed by atoms with Crippen LogP contribution in [0.2, 0.25) is 0 Å². The summed E-state index contributed by atoms with van der Waals surface area (Å²) < 4.78 is 5.81. The van der Waals surface area contributed by atoms with Crippen molar-refractivity contribution in [3.8, 4) is 5.75 Å². The second kappa shape index (κ2) is 51.1. The van der Waals surface area contributed by atoms with Gasteiger partial charge in [0.15, 0.2) is 0 Å². The number of aliphatic hydroxyl groups excluding tert-OH is 4. The van der Waals surface area contributed by atoms with Gasteiger partial charge >= 0.3 is 23.9 Å². The van der Waals surface area contributed by atoms with Gasteiger partial charge in [0.05, 0.1) is 36.0 Å². The second-order valence-corrected chi connectivity index (χ2v) is 36.3. The molecule has 4 unspecified atom stereocenters. The Morgan fingerprint density at radius 3 is 0.846 bits per heavy atom. The molecular weight excluding hydrogens is 1610 g/mol. The van der Waals surface area contributed by atoms with Gasteiger partial charge in [-0.2, -0.15) is 0 Å². The number of aromatic carboxylic acids is 4. The minimum atomic E-state index is -0.979. The number of hydrogen-bond donors (Lipinski definition) is 8. The van der Waals surface area contributed by atoms with Crippen LogP contribution in [0.1, 0.15) is 340 Å². The summed E-state index contributed by atoms with van der Waals surface area (Å²) >= 11 is 3.99. The van der Waals surface area contributed by atoms with Gasteiger partial charge in [0.2, 0.25) is 23.6 Å². The third kappa shape index (κ3) is 30.2. The van der Waals surface area contributed by atoms with E-state index in [9.17, 15) is 58.8 Å². The fraction of sp³-hybridized carbons (Fsp3) is 0.495. The van der Waals surface area contributed by atoms with Crippen LogP contribution in [0.4, 0.5) is 22.7 Å². The van der Waals surface area contributed by atoms with E-state index in [4.69, 9.17) is 25.2 Å². The summed E-state index contributed by atoms with van der Waals surface area (Å²) in [6, 6.07) is 48.3. The van der Waals surface area contributed by atoms with E-state index >= 15 is 0 Å². The number of nitrogens with zero attached hydrogens (tertiary/aromatic N) is 4. The van der Waals surface area contributed by atoms with E-state index in [0.29, 0.717) is 59.1 Å². The summed E-state index contributed by atoms with van der Waals surface area (Å²) in [5.74, 6) is -2.51. The third-order valence-electron chi connectivity index (χ3n) is 23.6. The topological polar surface area (TPSA) is 321 Å². The highest BCUT2D eigenvalue weighted by Crippen LogP contribution is 2.38. The number of carboxylic acid groups (broad SMARTS) is 4.